The standard InChI is InChI=1S/C14H19O6P/c1-4-18-13-10(7-9-12(15)17-3)6-8-11(20-21-16)14(13)19-5-2/h6,8H,4-5,7,9H2,1-3H3. The van der Waals surface area contributed by atoms with Crippen LogP contribution < -0.4 is 14.0 Å². The molecule has 0 radical (unpaired) electrons. The van der Waals surface area contributed by atoms with Gasteiger partial charge in [-0.3, -0.25) is 4.79 Å². The quantitative estimate of drug-likeness (QED) is 0.515. The van der Waals surface area contributed by atoms with Gasteiger partial charge in [-0.15, -0.1) is 0 Å². The average Bonchev–Trinajstić information content (AvgIpc) is 2.49. The second-order valence-electron chi connectivity index (χ2n) is 3.99. The molecular weight excluding hydrogens is 295 g/mol. The van der Waals surface area contributed by atoms with Crippen molar-refractivity contribution in [1.29, 1.82) is 0 Å². The van der Waals surface area contributed by atoms with Crippen LogP contribution in [0.3, 0.4) is 0 Å². The first-order valence-corrected chi connectivity index (χ1v) is 7.38. The number of rotatable bonds is 9. The third-order valence-electron chi connectivity index (χ3n) is 2.70. The van der Waals surface area contributed by atoms with Crippen LogP contribution in [0.4, 0.5) is 0 Å². The third kappa shape index (κ3) is 4.90. The lowest BCUT2D eigenvalue weighted by molar-refractivity contribution is -0.140. The van der Waals surface area contributed by atoms with Crippen LogP contribution in [0.2, 0.25) is 0 Å². The van der Waals surface area contributed by atoms with Crippen molar-refractivity contribution < 1.29 is 28.1 Å². The smallest absolute Gasteiger partial charge is 0.395 e. The molecule has 0 atom stereocenters. The zero-order chi connectivity index (χ0) is 15.7. The Balaban J connectivity index is 3.13. The summed E-state index contributed by atoms with van der Waals surface area (Å²) >= 11 is 0. The molecule has 0 spiro atoms. The van der Waals surface area contributed by atoms with Gasteiger partial charge >= 0.3 is 14.7 Å². The molecule has 0 heterocycles. The number of methoxy groups -OCH3 is 1. The number of carbonyl (C=O) groups is 1. The van der Waals surface area contributed by atoms with E-state index in [0.717, 1.165) is 5.56 Å². The SMILES string of the molecule is CCOc1c(CCC(=O)OC)ccc(OP=O)c1OCC. The number of benzene rings is 1. The zero-order valence-electron chi connectivity index (χ0n) is 12.4. The van der Waals surface area contributed by atoms with Crippen molar-refractivity contribution in [3.05, 3.63) is 17.7 Å². The van der Waals surface area contributed by atoms with Gasteiger partial charge in [0, 0.05) is 6.42 Å². The fraction of sp³-hybridized carbons (Fsp3) is 0.500. The summed E-state index contributed by atoms with van der Waals surface area (Å²) in [6, 6.07) is 3.40. The first kappa shape index (κ1) is 17.2. The van der Waals surface area contributed by atoms with E-state index >= 15 is 0 Å². The summed E-state index contributed by atoms with van der Waals surface area (Å²) < 4.78 is 31.4. The van der Waals surface area contributed by atoms with Gasteiger partial charge in [0.15, 0.2) is 11.5 Å². The fourth-order valence-electron chi connectivity index (χ4n) is 1.82. The molecule has 0 saturated carbocycles. The number of hydrogen-bond donors (Lipinski definition) is 0. The van der Waals surface area contributed by atoms with Crippen LogP contribution in [0, 0.1) is 0 Å². The van der Waals surface area contributed by atoms with E-state index in [2.05, 4.69) is 4.74 Å². The van der Waals surface area contributed by atoms with Gasteiger partial charge in [0.05, 0.1) is 20.3 Å². The lowest BCUT2D eigenvalue weighted by atomic mass is 10.1. The first-order chi connectivity index (χ1) is 10.2. The fourth-order valence-corrected chi connectivity index (χ4v) is 2.04. The molecule has 1 aromatic carbocycles. The van der Waals surface area contributed by atoms with Gasteiger partial charge in [-0.25, -0.2) is 4.57 Å². The molecule has 0 fully saturated rings. The summed E-state index contributed by atoms with van der Waals surface area (Å²) in [7, 11) is 0.878. The van der Waals surface area contributed by atoms with Crippen molar-refractivity contribution in [1.82, 2.24) is 0 Å². The molecule has 0 unspecified atom stereocenters. The summed E-state index contributed by atoms with van der Waals surface area (Å²) in [5.41, 5.74) is 0.806. The van der Waals surface area contributed by atoms with Crippen LogP contribution in [-0.4, -0.2) is 26.3 Å². The molecule has 0 aliphatic heterocycles. The number of esters is 1. The molecule has 0 amide bonds. The molecule has 7 heteroatoms. The summed E-state index contributed by atoms with van der Waals surface area (Å²) in [5, 5.41) is 0. The van der Waals surface area contributed by atoms with Crippen molar-refractivity contribution in [2.45, 2.75) is 26.7 Å². The summed E-state index contributed by atoms with van der Waals surface area (Å²) in [6.07, 6.45) is 0.694. The number of ether oxygens (including phenoxy) is 3. The van der Waals surface area contributed by atoms with Crippen LogP contribution in [0.25, 0.3) is 0 Å². The van der Waals surface area contributed by atoms with Crippen molar-refractivity contribution in [2.75, 3.05) is 20.3 Å². The Kier molecular flexibility index (Phi) is 7.54. The van der Waals surface area contributed by atoms with Crippen molar-refractivity contribution in [3.63, 3.8) is 0 Å². The summed E-state index contributed by atoms with van der Waals surface area (Å²) in [4.78, 5) is 11.3. The number of aryl methyl sites for hydroxylation is 1. The Hall–Kier alpha value is -1.81. The highest BCUT2D eigenvalue weighted by molar-refractivity contribution is 7.17. The van der Waals surface area contributed by atoms with Crippen molar-refractivity contribution >= 4 is 14.7 Å². The van der Waals surface area contributed by atoms with Gasteiger partial charge in [-0.2, -0.15) is 0 Å². The van der Waals surface area contributed by atoms with Crippen LogP contribution in [0.1, 0.15) is 25.8 Å². The number of carbonyl (C=O) groups excluding carboxylic acids is 1. The van der Waals surface area contributed by atoms with E-state index in [4.69, 9.17) is 14.0 Å². The van der Waals surface area contributed by atoms with E-state index in [0.29, 0.717) is 36.9 Å². The highest BCUT2D eigenvalue weighted by Gasteiger charge is 2.18. The second-order valence-corrected chi connectivity index (χ2v) is 4.32. The molecule has 0 aromatic heterocycles. The third-order valence-corrected chi connectivity index (χ3v) is 2.97. The molecule has 0 aliphatic rings. The predicted octanol–water partition coefficient (Wildman–Crippen LogP) is 3.18. The van der Waals surface area contributed by atoms with Crippen LogP contribution in [0.15, 0.2) is 12.1 Å². The lowest BCUT2D eigenvalue weighted by Crippen LogP contribution is -2.06. The Bertz CT molecular complexity index is 489. The average molecular weight is 314 g/mol. The predicted molar refractivity (Wildman–Crippen MR) is 77.4 cm³/mol. The molecule has 6 nitrogen and oxygen atoms in total. The molecule has 1 aromatic rings. The van der Waals surface area contributed by atoms with Crippen LogP contribution >= 0.6 is 8.69 Å². The molecular formula is C14H19O6P. The monoisotopic (exact) mass is 314 g/mol. The van der Waals surface area contributed by atoms with Crippen LogP contribution in [0.5, 0.6) is 17.2 Å². The second kappa shape index (κ2) is 9.19. The van der Waals surface area contributed by atoms with Gasteiger partial charge in [0.1, 0.15) is 0 Å². The Morgan fingerprint density at radius 2 is 1.81 bits per heavy atom. The molecule has 0 saturated heterocycles. The normalized spacial score (nSPS) is 10.2. The molecule has 0 bridgehead atoms. The van der Waals surface area contributed by atoms with Gasteiger partial charge in [-0.05, 0) is 31.9 Å². The summed E-state index contributed by atoms with van der Waals surface area (Å²) in [6.45, 7) is 4.52. The molecule has 21 heavy (non-hydrogen) atoms. The van der Waals surface area contributed by atoms with Gasteiger partial charge in [0.2, 0.25) is 5.75 Å². The van der Waals surface area contributed by atoms with E-state index in [1.165, 1.54) is 7.11 Å². The lowest BCUT2D eigenvalue weighted by Gasteiger charge is -2.17. The van der Waals surface area contributed by atoms with E-state index in [-0.39, 0.29) is 12.4 Å². The first-order valence-electron chi connectivity index (χ1n) is 6.65. The minimum Gasteiger partial charge on any atom is -0.490 e. The van der Waals surface area contributed by atoms with Gasteiger partial charge in [0.25, 0.3) is 0 Å². The van der Waals surface area contributed by atoms with E-state index in [9.17, 15) is 9.36 Å². The topological polar surface area (TPSA) is 71.1 Å². The minimum atomic E-state index is -0.471. The Morgan fingerprint density at radius 3 is 2.38 bits per heavy atom. The maximum atomic E-state index is 11.3. The maximum Gasteiger partial charge on any atom is 0.395 e. The van der Waals surface area contributed by atoms with Gasteiger partial charge < -0.3 is 18.7 Å². The Morgan fingerprint density at radius 1 is 1.14 bits per heavy atom. The zero-order valence-corrected chi connectivity index (χ0v) is 13.3. The number of hydrogen-bond acceptors (Lipinski definition) is 6. The molecule has 1 rings (SSSR count). The minimum absolute atomic E-state index is 0.238. The Labute approximate surface area is 125 Å². The molecule has 0 N–H and O–H groups in total. The highest BCUT2D eigenvalue weighted by Crippen LogP contribution is 2.42. The van der Waals surface area contributed by atoms with Crippen LogP contribution in [-0.2, 0) is 20.5 Å². The summed E-state index contributed by atoms with van der Waals surface area (Å²) in [5.74, 6) is 0.932. The van der Waals surface area contributed by atoms with Crippen molar-refractivity contribution in [3.8, 4) is 17.2 Å². The highest BCUT2D eigenvalue weighted by atomic mass is 31.1. The van der Waals surface area contributed by atoms with E-state index in [1.807, 2.05) is 13.8 Å². The molecule has 116 valence electrons. The largest absolute Gasteiger partial charge is 0.490 e. The van der Waals surface area contributed by atoms with Gasteiger partial charge in [-0.1, -0.05) is 6.07 Å². The molecule has 0 aliphatic carbocycles. The van der Waals surface area contributed by atoms with E-state index in [1.54, 1.807) is 12.1 Å². The maximum absolute atomic E-state index is 11.3. The van der Waals surface area contributed by atoms with E-state index < -0.39 is 8.69 Å². The van der Waals surface area contributed by atoms with Crippen molar-refractivity contribution in [2.24, 2.45) is 0 Å².